The summed E-state index contributed by atoms with van der Waals surface area (Å²) >= 11 is 0. The van der Waals surface area contributed by atoms with E-state index in [1.807, 2.05) is 30.3 Å². The summed E-state index contributed by atoms with van der Waals surface area (Å²) < 4.78 is 11.4. The fourth-order valence-corrected chi connectivity index (χ4v) is 2.22. The molecule has 0 amide bonds. The highest BCUT2D eigenvalue weighted by Gasteiger charge is 2.32. The third-order valence-electron chi connectivity index (χ3n) is 3.45. The molecule has 0 aliphatic rings. The van der Waals surface area contributed by atoms with E-state index in [-0.39, 0.29) is 18.7 Å². The number of nitrogens with zero attached hydrogens (tertiary/aromatic N) is 2. The molecule has 2 rings (SSSR count). The fraction of sp³-hybridized carbons (Fsp3) is 0.368. The van der Waals surface area contributed by atoms with Crippen LogP contribution in [0.1, 0.15) is 32.0 Å². The predicted octanol–water partition coefficient (Wildman–Crippen LogP) is 2.65. The van der Waals surface area contributed by atoms with Gasteiger partial charge in [-0.15, -0.1) is 0 Å². The van der Waals surface area contributed by atoms with Crippen LogP contribution in [0, 0.1) is 5.92 Å². The Kier molecular flexibility index (Phi) is 6.33. The minimum atomic E-state index is -1.41. The second kappa shape index (κ2) is 8.48. The van der Waals surface area contributed by atoms with Crippen molar-refractivity contribution >= 4 is 18.0 Å². The maximum Gasteiger partial charge on any atom is 0.419 e. The van der Waals surface area contributed by atoms with Crippen LogP contribution in [0.2, 0.25) is 0 Å². The smallest absolute Gasteiger partial charge is 0.419 e. The first-order valence-electron chi connectivity index (χ1n) is 8.35. The van der Waals surface area contributed by atoms with Gasteiger partial charge in [0.15, 0.2) is 5.92 Å². The number of benzene rings is 1. The van der Waals surface area contributed by atoms with Gasteiger partial charge in [-0.3, -0.25) is 9.59 Å². The summed E-state index contributed by atoms with van der Waals surface area (Å²) in [6.07, 6.45) is 1.72. The average Bonchev–Trinajstić information content (AvgIpc) is 3.05. The number of carboxylic acids is 1. The maximum absolute atomic E-state index is 12.1. The first kappa shape index (κ1) is 20.2. The summed E-state index contributed by atoms with van der Waals surface area (Å²) in [5.41, 5.74) is 0.303. The number of ether oxygens (including phenoxy) is 2. The number of carbonyl (C=O) groups excluding carboxylic acids is 2. The standard InChI is InChI=1S/C19H22N2O6/c1-19(2,3)27-17(24)15(16(22)23)9-14-10-21(12-20-14)18(25)26-11-13-7-5-4-6-8-13/h4-8,10,12,15H,9,11H2,1-3H3,(H,22,23). The van der Waals surface area contributed by atoms with Crippen molar-refractivity contribution in [1.29, 1.82) is 0 Å². The highest BCUT2D eigenvalue weighted by molar-refractivity contribution is 5.94. The minimum Gasteiger partial charge on any atom is -0.481 e. The summed E-state index contributed by atoms with van der Waals surface area (Å²) in [4.78, 5) is 39.5. The third kappa shape index (κ3) is 6.25. The largest absolute Gasteiger partial charge is 0.481 e. The molecule has 144 valence electrons. The van der Waals surface area contributed by atoms with Gasteiger partial charge < -0.3 is 14.6 Å². The van der Waals surface area contributed by atoms with Gasteiger partial charge in [0, 0.05) is 12.6 Å². The van der Waals surface area contributed by atoms with E-state index in [0.29, 0.717) is 0 Å². The molecule has 8 heteroatoms. The van der Waals surface area contributed by atoms with Crippen molar-refractivity contribution in [3.8, 4) is 0 Å². The summed E-state index contributed by atoms with van der Waals surface area (Å²) in [5.74, 6) is -3.57. The number of aliphatic carboxylic acids is 1. The second-order valence-electron chi connectivity index (χ2n) is 6.94. The Morgan fingerprint density at radius 3 is 2.44 bits per heavy atom. The fourth-order valence-electron chi connectivity index (χ4n) is 2.22. The summed E-state index contributed by atoms with van der Waals surface area (Å²) in [7, 11) is 0. The van der Waals surface area contributed by atoms with Gasteiger partial charge in [-0.25, -0.2) is 14.3 Å². The monoisotopic (exact) mass is 374 g/mol. The van der Waals surface area contributed by atoms with Gasteiger partial charge in [0.25, 0.3) is 0 Å². The van der Waals surface area contributed by atoms with Gasteiger partial charge in [0.05, 0.1) is 5.69 Å². The van der Waals surface area contributed by atoms with Crippen LogP contribution in [0.25, 0.3) is 0 Å². The summed E-state index contributed by atoms with van der Waals surface area (Å²) in [6.45, 7) is 5.06. The highest BCUT2D eigenvalue weighted by atomic mass is 16.6. The molecular formula is C19H22N2O6. The lowest BCUT2D eigenvalue weighted by atomic mass is 10.0. The molecule has 1 aromatic heterocycles. The normalized spacial score (nSPS) is 12.3. The van der Waals surface area contributed by atoms with Gasteiger partial charge in [-0.05, 0) is 26.3 Å². The van der Waals surface area contributed by atoms with E-state index in [0.717, 1.165) is 10.1 Å². The Hall–Kier alpha value is -3.16. The lowest BCUT2D eigenvalue weighted by molar-refractivity contribution is -0.166. The van der Waals surface area contributed by atoms with Crippen molar-refractivity contribution in [2.75, 3.05) is 0 Å². The van der Waals surface area contributed by atoms with Crippen LogP contribution in [0.5, 0.6) is 0 Å². The van der Waals surface area contributed by atoms with Crippen molar-refractivity contribution in [2.45, 2.75) is 39.4 Å². The van der Waals surface area contributed by atoms with E-state index in [4.69, 9.17) is 9.47 Å². The number of imidazole rings is 1. The van der Waals surface area contributed by atoms with E-state index < -0.39 is 29.6 Å². The predicted molar refractivity (Wildman–Crippen MR) is 94.9 cm³/mol. The van der Waals surface area contributed by atoms with Crippen LogP contribution in [-0.2, 0) is 32.1 Å². The molecule has 1 aromatic carbocycles. The topological polar surface area (TPSA) is 108 Å². The van der Waals surface area contributed by atoms with Gasteiger partial charge in [0.2, 0.25) is 0 Å². The van der Waals surface area contributed by atoms with Crippen molar-refractivity contribution in [1.82, 2.24) is 9.55 Å². The number of hydrogen-bond acceptors (Lipinski definition) is 6. The molecule has 8 nitrogen and oxygen atoms in total. The van der Waals surface area contributed by atoms with Crippen molar-refractivity contribution in [3.05, 3.63) is 54.1 Å². The first-order valence-corrected chi connectivity index (χ1v) is 8.35. The number of aromatic nitrogens is 2. The molecule has 1 N–H and O–H groups in total. The second-order valence-corrected chi connectivity index (χ2v) is 6.94. The van der Waals surface area contributed by atoms with Crippen LogP contribution in [0.15, 0.2) is 42.9 Å². The van der Waals surface area contributed by atoms with Crippen LogP contribution >= 0.6 is 0 Å². The highest BCUT2D eigenvalue weighted by Crippen LogP contribution is 2.15. The minimum absolute atomic E-state index is 0.100. The van der Waals surface area contributed by atoms with Gasteiger partial charge in [-0.2, -0.15) is 0 Å². The Bertz CT molecular complexity index is 807. The molecule has 0 radical (unpaired) electrons. The van der Waals surface area contributed by atoms with E-state index in [2.05, 4.69) is 4.98 Å². The molecule has 1 unspecified atom stereocenters. The van der Waals surface area contributed by atoms with Crippen LogP contribution in [0.4, 0.5) is 4.79 Å². The maximum atomic E-state index is 12.1. The Morgan fingerprint density at radius 1 is 1.19 bits per heavy atom. The van der Waals surface area contributed by atoms with E-state index >= 15 is 0 Å². The summed E-state index contributed by atoms with van der Waals surface area (Å²) in [6, 6.07) is 9.18. The molecular weight excluding hydrogens is 352 g/mol. The van der Waals surface area contributed by atoms with Crippen LogP contribution in [0.3, 0.4) is 0 Å². The third-order valence-corrected chi connectivity index (χ3v) is 3.45. The van der Waals surface area contributed by atoms with Crippen LogP contribution in [-0.4, -0.2) is 38.3 Å². The summed E-state index contributed by atoms with van der Waals surface area (Å²) in [5, 5.41) is 9.30. The van der Waals surface area contributed by atoms with Crippen LogP contribution < -0.4 is 0 Å². The van der Waals surface area contributed by atoms with Crippen molar-refractivity contribution < 1.29 is 29.0 Å². The lowest BCUT2D eigenvalue weighted by Gasteiger charge is -2.21. The van der Waals surface area contributed by atoms with Gasteiger partial charge in [0.1, 0.15) is 18.5 Å². The molecule has 0 fully saturated rings. The molecule has 0 bridgehead atoms. The molecule has 27 heavy (non-hydrogen) atoms. The average molecular weight is 374 g/mol. The SMILES string of the molecule is CC(C)(C)OC(=O)C(Cc1cn(C(=O)OCc2ccccc2)cn1)C(=O)O. The first-order chi connectivity index (χ1) is 12.7. The zero-order valence-electron chi connectivity index (χ0n) is 15.4. The number of rotatable bonds is 6. The molecule has 0 aliphatic heterocycles. The van der Waals surface area contributed by atoms with E-state index in [1.54, 1.807) is 20.8 Å². The Balaban J connectivity index is 1.99. The number of esters is 1. The Labute approximate surface area is 156 Å². The molecule has 0 saturated carbocycles. The molecule has 0 saturated heterocycles. The van der Waals surface area contributed by atoms with Gasteiger partial charge in [-0.1, -0.05) is 30.3 Å². The van der Waals surface area contributed by atoms with Crippen molar-refractivity contribution in [3.63, 3.8) is 0 Å². The molecule has 1 atom stereocenters. The van der Waals surface area contributed by atoms with E-state index in [1.165, 1.54) is 12.5 Å². The quantitative estimate of drug-likeness (QED) is 0.612. The number of hydrogen-bond donors (Lipinski definition) is 1. The molecule has 0 aliphatic carbocycles. The zero-order chi connectivity index (χ0) is 20.0. The molecule has 0 spiro atoms. The number of carboxylic acid groups (broad SMARTS) is 1. The van der Waals surface area contributed by atoms with Crippen molar-refractivity contribution in [2.24, 2.45) is 5.92 Å². The van der Waals surface area contributed by atoms with Gasteiger partial charge >= 0.3 is 18.0 Å². The molecule has 1 heterocycles. The lowest BCUT2D eigenvalue weighted by Crippen LogP contribution is -2.34. The number of carbonyl (C=O) groups is 3. The van der Waals surface area contributed by atoms with E-state index in [9.17, 15) is 19.5 Å². The molecule has 2 aromatic rings. The Morgan fingerprint density at radius 2 is 1.85 bits per heavy atom. The zero-order valence-corrected chi connectivity index (χ0v) is 15.4.